The molecule has 0 fully saturated rings. The van der Waals surface area contributed by atoms with Crippen LogP contribution in [-0.4, -0.2) is 71.7 Å². The van der Waals surface area contributed by atoms with Gasteiger partial charge in [-0.2, -0.15) is 0 Å². The number of hydrazine groups is 1. The minimum absolute atomic E-state index is 0. The fraction of sp³-hybridized carbons (Fsp3) is 0.393. The molecule has 1 aliphatic rings. The predicted octanol–water partition coefficient (Wildman–Crippen LogP) is 4.04. The van der Waals surface area contributed by atoms with Gasteiger partial charge in [0, 0.05) is 50.5 Å². The van der Waals surface area contributed by atoms with E-state index in [-0.39, 0.29) is 49.7 Å². The minimum atomic E-state index is -0.135. The molecule has 2 amide bonds. The largest absolute Gasteiger partial charge is 0.376 e. The maximum atomic E-state index is 13.3. The Labute approximate surface area is 242 Å². The van der Waals surface area contributed by atoms with Crippen LogP contribution in [0.5, 0.6) is 0 Å². The van der Waals surface area contributed by atoms with Crippen molar-refractivity contribution in [3.8, 4) is 11.3 Å². The number of carbonyl (C=O) groups is 2. The summed E-state index contributed by atoms with van der Waals surface area (Å²) in [5, 5.41) is 14.1. The van der Waals surface area contributed by atoms with Gasteiger partial charge in [0.25, 0.3) is 5.91 Å². The normalized spacial score (nSPS) is 12.2. The Morgan fingerprint density at radius 1 is 1.03 bits per heavy atom. The van der Waals surface area contributed by atoms with Gasteiger partial charge in [0.05, 0.1) is 12.2 Å². The lowest BCUT2D eigenvalue weighted by atomic mass is 10.1. The number of benzene rings is 2. The van der Waals surface area contributed by atoms with E-state index in [1.54, 1.807) is 17.0 Å². The van der Waals surface area contributed by atoms with Gasteiger partial charge in [-0.15, -0.1) is 24.8 Å². The zero-order chi connectivity index (χ0) is 26.4. The van der Waals surface area contributed by atoms with Gasteiger partial charge in [-0.25, -0.2) is 5.01 Å². The molecule has 0 aliphatic carbocycles. The summed E-state index contributed by atoms with van der Waals surface area (Å²) in [5.41, 5.74) is 5.99. The summed E-state index contributed by atoms with van der Waals surface area (Å²) in [4.78, 5) is 28.1. The maximum absolute atomic E-state index is 13.3. The average molecular weight is 578 g/mol. The molecule has 9 nitrogen and oxygen atoms in total. The van der Waals surface area contributed by atoms with Crippen LogP contribution in [0.25, 0.3) is 11.3 Å². The zero-order valence-corrected chi connectivity index (χ0v) is 24.5. The van der Waals surface area contributed by atoms with Gasteiger partial charge in [-0.1, -0.05) is 48.5 Å². The van der Waals surface area contributed by atoms with Crippen LogP contribution in [0.1, 0.15) is 29.3 Å². The summed E-state index contributed by atoms with van der Waals surface area (Å²) in [6.07, 6.45) is 0. The van der Waals surface area contributed by atoms with Gasteiger partial charge < -0.3 is 20.1 Å². The van der Waals surface area contributed by atoms with Crippen molar-refractivity contribution in [1.82, 2.24) is 25.4 Å². The van der Waals surface area contributed by atoms with Crippen molar-refractivity contribution >= 4 is 42.3 Å². The van der Waals surface area contributed by atoms with E-state index in [1.165, 1.54) is 11.1 Å². The van der Waals surface area contributed by atoms with Crippen molar-refractivity contribution in [3.05, 3.63) is 70.9 Å². The lowest BCUT2D eigenvalue weighted by Crippen LogP contribution is -2.49. The number of hydrogen-bond acceptors (Lipinski definition) is 7. The molecule has 4 rings (SSSR count). The van der Waals surface area contributed by atoms with Crippen LogP contribution in [0.2, 0.25) is 0 Å². The standard InChI is InChI=1S/C28H36N6O3.2ClH/c1-5-29-12-13-33(19-28(36)32(4)34-17-23-8-6-7-9-24(23)18-34)27(35)16-30-25-15-22(11-10-20(25)2)26-14-21(3)31-37-26;;/h6-11,14-15,29-30H,5,12-13,16-19H2,1-4H3;2*1H. The lowest BCUT2D eigenvalue weighted by Gasteiger charge is -2.31. The molecule has 0 spiro atoms. The SMILES string of the molecule is CCNCCN(CC(=O)N(C)N1Cc2ccccc2C1)C(=O)CNc1cc(-c2cc(C)no2)ccc1C.Cl.Cl. The molecule has 39 heavy (non-hydrogen) atoms. The van der Waals surface area contributed by atoms with E-state index >= 15 is 0 Å². The third-order valence-electron chi connectivity index (χ3n) is 6.68. The Morgan fingerprint density at radius 3 is 2.33 bits per heavy atom. The first-order valence-corrected chi connectivity index (χ1v) is 12.7. The number of likely N-dealkylation sites (N-methyl/N-ethyl adjacent to an activating group) is 2. The Balaban J connectivity index is 0.00000267. The molecule has 212 valence electrons. The van der Waals surface area contributed by atoms with Gasteiger partial charge in [0.15, 0.2) is 5.76 Å². The second-order valence-electron chi connectivity index (χ2n) is 9.39. The third-order valence-corrected chi connectivity index (χ3v) is 6.68. The molecule has 0 saturated heterocycles. The zero-order valence-electron chi connectivity index (χ0n) is 22.9. The van der Waals surface area contributed by atoms with Gasteiger partial charge in [-0.05, 0) is 43.1 Å². The van der Waals surface area contributed by atoms with Crippen LogP contribution in [0.4, 0.5) is 5.69 Å². The van der Waals surface area contributed by atoms with Crippen LogP contribution < -0.4 is 10.6 Å². The second kappa shape index (κ2) is 14.9. The average Bonchev–Trinajstić information content (AvgIpc) is 3.53. The highest BCUT2D eigenvalue weighted by Crippen LogP contribution is 2.26. The van der Waals surface area contributed by atoms with Gasteiger partial charge in [0.1, 0.15) is 6.54 Å². The van der Waals surface area contributed by atoms with Crippen LogP contribution in [0.15, 0.2) is 53.1 Å². The number of hydrogen-bond donors (Lipinski definition) is 2. The molecule has 2 N–H and O–H groups in total. The highest BCUT2D eigenvalue weighted by atomic mass is 35.5. The Morgan fingerprint density at radius 2 is 1.72 bits per heavy atom. The number of aromatic nitrogens is 1. The fourth-order valence-electron chi connectivity index (χ4n) is 4.38. The molecule has 11 heteroatoms. The van der Waals surface area contributed by atoms with Crippen LogP contribution in [-0.2, 0) is 22.7 Å². The Bertz CT molecular complexity index is 1230. The number of nitrogens with zero attached hydrogens (tertiary/aromatic N) is 4. The van der Waals surface area contributed by atoms with E-state index in [9.17, 15) is 9.59 Å². The van der Waals surface area contributed by atoms with Crippen molar-refractivity contribution in [1.29, 1.82) is 0 Å². The van der Waals surface area contributed by atoms with E-state index < -0.39 is 0 Å². The van der Waals surface area contributed by atoms with Crippen molar-refractivity contribution in [2.75, 3.05) is 45.1 Å². The third kappa shape index (κ3) is 8.19. The number of nitrogens with one attached hydrogen (secondary N) is 2. The summed E-state index contributed by atoms with van der Waals surface area (Å²) >= 11 is 0. The Hall–Kier alpha value is -3.11. The van der Waals surface area contributed by atoms with E-state index in [4.69, 9.17) is 4.52 Å². The van der Waals surface area contributed by atoms with Gasteiger partial charge in [-0.3, -0.25) is 14.6 Å². The lowest BCUT2D eigenvalue weighted by molar-refractivity contribution is -0.151. The van der Waals surface area contributed by atoms with Gasteiger partial charge >= 0.3 is 0 Å². The number of amides is 2. The van der Waals surface area contributed by atoms with Crippen LogP contribution >= 0.6 is 24.8 Å². The van der Waals surface area contributed by atoms with E-state index in [2.05, 4.69) is 27.9 Å². The van der Waals surface area contributed by atoms with Crippen molar-refractivity contribution < 1.29 is 14.1 Å². The first-order chi connectivity index (χ1) is 17.9. The molecule has 0 unspecified atom stereocenters. The maximum Gasteiger partial charge on any atom is 0.256 e. The minimum Gasteiger partial charge on any atom is -0.376 e. The number of rotatable bonds is 11. The molecular formula is C28H38Cl2N6O3. The number of carbonyl (C=O) groups excluding carboxylic acids is 2. The smallest absolute Gasteiger partial charge is 0.256 e. The molecule has 0 radical (unpaired) electrons. The molecule has 3 aromatic rings. The Kier molecular flexibility index (Phi) is 12.3. The molecule has 0 atom stereocenters. The second-order valence-corrected chi connectivity index (χ2v) is 9.39. The van der Waals surface area contributed by atoms with E-state index in [1.807, 2.05) is 62.2 Å². The first kappa shape index (κ1) is 32.1. The highest BCUT2D eigenvalue weighted by Gasteiger charge is 2.27. The molecule has 2 heterocycles. The summed E-state index contributed by atoms with van der Waals surface area (Å²) < 4.78 is 5.39. The number of anilines is 1. The topological polar surface area (TPSA) is 94.0 Å². The van der Waals surface area contributed by atoms with Crippen LogP contribution in [0.3, 0.4) is 0 Å². The molecule has 0 bridgehead atoms. The number of fused-ring (bicyclic) bond motifs is 1. The summed E-state index contributed by atoms with van der Waals surface area (Å²) in [6, 6.07) is 16.0. The molecule has 1 aliphatic heterocycles. The molecule has 2 aromatic carbocycles. The van der Waals surface area contributed by atoms with Crippen molar-refractivity contribution in [2.45, 2.75) is 33.9 Å². The predicted molar refractivity (Wildman–Crippen MR) is 158 cm³/mol. The monoisotopic (exact) mass is 576 g/mol. The van der Waals surface area contributed by atoms with Crippen molar-refractivity contribution in [2.24, 2.45) is 0 Å². The molecule has 1 aromatic heterocycles. The highest BCUT2D eigenvalue weighted by molar-refractivity contribution is 5.87. The molecular weight excluding hydrogens is 539 g/mol. The fourth-order valence-corrected chi connectivity index (χ4v) is 4.38. The summed E-state index contributed by atoms with van der Waals surface area (Å²) in [6.45, 7) is 9.22. The number of halogens is 2. The summed E-state index contributed by atoms with van der Waals surface area (Å²) in [7, 11) is 1.78. The first-order valence-electron chi connectivity index (χ1n) is 12.7. The number of aryl methyl sites for hydroxylation is 2. The van der Waals surface area contributed by atoms with Crippen molar-refractivity contribution in [3.63, 3.8) is 0 Å². The van der Waals surface area contributed by atoms with E-state index in [0.29, 0.717) is 31.9 Å². The quantitative estimate of drug-likeness (QED) is 0.333. The van der Waals surface area contributed by atoms with Crippen LogP contribution in [0, 0.1) is 13.8 Å². The molecule has 0 saturated carbocycles. The van der Waals surface area contributed by atoms with Gasteiger partial charge in [0.2, 0.25) is 5.91 Å². The van der Waals surface area contributed by atoms with E-state index in [0.717, 1.165) is 29.1 Å². The summed E-state index contributed by atoms with van der Waals surface area (Å²) in [5.74, 6) is 0.429.